The molecule has 0 bridgehead atoms. The molecule has 3 rings (SSSR count). The molecule has 0 saturated carbocycles. The quantitative estimate of drug-likeness (QED) is 0.486. The minimum absolute atomic E-state index is 0.220. The summed E-state index contributed by atoms with van der Waals surface area (Å²) >= 11 is 0. The molecule has 1 aliphatic heterocycles. The zero-order chi connectivity index (χ0) is 16.2. The van der Waals surface area contributed by atoms with Gasteiger partial charge in [-0.2, -0.15) is 5.10 Å². The van der Waals surface area contributed by atoms with E-state index in [4.69, 9.17) is 0 Å². The van der Waals surface area contributed by atoms with Crippen LogP contribution in [0, 0.1) is 5.82 Å². The molecular formula is C18H14FN3O. The number of rotatable bonds is 4. The van der Waals surface area contributed by atoms with Crippen molar-refractivity contribution in [3.8, 4) is 0 Å². The van der Waals surface area contributed by atoms with E-state index in [9.17, 15) is 9.18 Å². The topological polar surface area (TPSA) is 45.0 Å². The molecule has 0 N–H and O–H groups in total. The Bertz CT molecular complexity index is 827. The van der Waals surface area contributed by atoms with Crippen LogP contribution in [0.3, 0.4) is 0 Å². The molecule has 1 heterocycles. The van der Waals surface area contributed by atoms with Gasteiger partial charge in [-0.15, -0.1) is 11.7 Å². The monoisotopic (exact) mass is 307 g/mol. The molecule has 2 aromatic rings. The summed E-state index contributed by atoms with van der Waals surface area (Å²) in [5, 5.41) is 7.97. The summed E-state index contributed by atoms with van der Waals surface area (Å²) in [5.74, 6) is -0.566. The summed E-state index contributed by atoms with van der Waals surface area (Å²) in [5.41, 5.74) is 2.37. The lowest BCUT2D eigenvalue weighted by Gasteiger charge is -2.13. The maximum Gasteiger partial charge on any atom is 0.279 e. The lowest BCUT2D eigenvalue weighted by Crippen LogP contribution is -2.30. The summed E-state index contributed by atoms with van der Waals surface area (Å²) in [6, 6.07) is 13.4. The third-order valence-electron chi connectivity index (χ3n) is 3.42. The SMILES string of the molecule is C=CCN1C(=O)/C(=N\N=C/c2cccc(F)c2)c2ccccc21. The number of carbonyl (C=O) groups is 1. The Morgan fingerprint density at radius 2 is 2.00 bits per heavy atom. The number of amides is 1. The fourth-order valence-electron chi connectivity index (χ4n) is 2.41. The first-order valence-electron chi connectivity index (χ1n) is 7.09. The lowest BCUT2D eigenvalue weighted by atomic mass is 10.1. The van der Waals surface area contributed by atoms with Gasteiger partial charge in [0.25, 0.3) is 5.91 Å². The number of carbonyl (C=O) groups excluding carboxylic acids is 1. The molecule has 5 heteroatoms. The Morgan fingerprint density at radius 3 is 2.78 bits per heavy atom. The maximum atomic E-state index is 13.1. The second kappa shape index (κ2) is 6.36. The maximum absolute atomic E-state index is 13.1. The molecule has 0 unspecified atom stereocenters. The van der Waals surface area contributed by atoms with E-state index in [1.54, 1.807) is 23.1 Å². The van der Waals surface area contributed by atoms with Crippen molar-refractivity contribution >= 4 is 23.5 Å². The van der Waals surface area contributed by atoms with Crippen LogP contribution >= 0.6 is 0 Å². The minimum Gasteiger partial charge on any atom is -0.302 e. The molecule has 114 valence electrons. The van der Waals surface area contributed by atoms with E-state index < -0.39 is 0 Å². The van der Waals surface area contributed by atoms with E-state index in [2.05, 4.69) is 16.8 Å². The van der Waals surface area contributed by atoms with Gasteiger partial charge >= 0.3 is 0 Å². The summed E-state index contributed by atoms with van der Waals surface area (Å²) in [6.45, 7) is 4.07. The van der Waals surface area contributed by atoms with Gasteiger partial charge in [0.2, 0.25) is 0 Å². The Hall–Kier alpha value is -3.08. The highest BCUT2D eigenvalue weighted by molar-refractivity contribution is 6.54. The Labute approximate surface area is 133 Å². The minimum atomic E-state index is -0.346. The van der Waals surface area contributed by atoms with Crippen LogP contribution in [0.4, 0.5) is 10.1 Å². The Morgan fingerprint density at radius 1 is 1.17 bits per heavy atom. The average molecular weight is 307 g/mol. The molecule has 0 aliphatic carbocycles. The van der Waals surface area contributed by atoms with Gasteiger partial charge in [0.15, 0.2) is 5.71 Å². The zero-order valence-corrected chi connectivity index (χ0v) is 12.3. The van der Waals surface area contributed by atoms with Crippen molar-refractivity contribution < 1.29 is 9.18 Å². The molecule has 1 aliphatic rings. The first kappa shape index (κ1) is 14.8. The molecule has 23 heavy (non-hydrogen) atoms. The highest BCUT2D eigenvalue weighted by Gasteiger charge is 2.32. The average Bonchev–Trinajstić information content (AvgIpc) is 2.81. The van der Waals surface area contributed by atoms with Crippen molar-refractivity contribution in [2.24, 2.45) is 10.2 Å². The van der Waals surface area contributed by atoms with Gasteiger partial charge in [0, 0.05) is 12.1 Å². The second-order valence-corrected chi connectivity index (χ2v) is 4.97. The molecule has 0 spiro atoms. The smallest absolute Gasteiger partial charge is 0.279 e. The predicted octanol–water partition coefficient (Wildman–Crippen LogP) is 3.18. The number of fused-ring (bicyclic) bond motifs is 1. The summed E-state index contributed by atoms with van der Waals surface area (Å²) in [4.78, 5) is 14.1. The van der Waals surface area contributed by atoms with Gasteiger partial charge in [-0.05, 0) is 23.8 Å². The molecular weight excluding hydrogens is 293 g/mol. The number of benzene rings is 2. The van der Waals surface area contributed by atoms with E-state index in [1.165, 1.54) is 18.3 Å². The van der Waals surface area contributed by atoms with Crippen molar-refractivity contribution in [3.05, 3.63) is 78.1 Å². The van der Waals surface area contributed by atoms with Crippen LogP contribution in [0.5, 0.6) is 0 Å². The van der Waals surface area contributed by atoms with Crippen molar-refractivity contribution in [1.82, 2.24) is 0 Å². The van der Waals surface area contributed by atoms with Crippen molar-refractivity contribution in [1.29, 1.82) is 0 Å². The third-order valence-corrected chi connectivity index (χ3v) is 3.42. The molecule has 2 aromatic carbocycles. The number of nitrogens with zero attached hydrogens (tertiary/aromatic N) is 3. The van der Waals surface area contributed by atoms with Gasteiger partial charge in [0.1, 0.15) is 5.82 Å². The number of para-hydroxylation sites is 1. The molecule has 1 amide bonds. The van der Waals surface area contributed by atoms with E-state index in [0.29, 0.717) is 12.1 Å². The molecule has 0 radical (unpaired) electrons. The number of anilines is 1. The van der Waals surface area contributed by atoms with Crippen LogP contribution in [-0.4, -0.2) is 24.4 Å². The van der Waals surface area contributed by atoms with Gasteiger partial charge < -0.3 is 4.90 Å². The van der Waals surface area contributed by atoms with Crippen LogP contribution in [0.25, 0.3) is 0 Å². The van der Waals surface area contributed by atoms with Crippen molar-refractivity contribution in [3.63, 3.8) is 0 Å². The van der Waals surface area contributed by atoms with Crippen LogP contribution < -0.4 is 4.90 Å². The van der Waals surface area contributed by atoms with Gasteiger partial charge in [-0.1, -0.05) is 36.4 Å². The standard InChI is InChI=1S/C18H14FN3O/c1-2-10-22-16-9-4-3-8-15(16)17(18(22)23)21-20-12-13-6-5-7-14(19)11-13/h2-9,11-12H,1,10H2/b20-12-,21-17-. The highest BCUT2D eigenvalue weighted by atomic mass is 19.1. The third kappa shape index (κ3) is 2.94. The van der Waals surface area contributed by atoms with Crippen LogP contribution in [-0.2, 0) is 4.79 Å². The van der Waals surface area contributed by atoms with Crippen LogP contribution in [0.15, 0.2) is 71.4 Å². The number of halogens is 1. The van der Waals surface area contributed by atoms with Gasteiger partial charge in [-0.3, -0.25) is 4.79 Å². The van der Waals surface area contributed by atoms with E-state index in [0.717, 1.165) is 11.3 Å². The number of hydrogen-bond acceptors (Lipinski definition) is 3. The van der Waals surface area contributed by atoms with Crippen molar-refractivity contribution in [2.75, 3.05) is 11.4 Å². The van der Waals surface area contributed by atoms with Crippen LogP contribution in [0.2, 0.25) is 0 Å². The van der Waals surface area contributed by atoms with Gasteiger partial charge in [-0.25, -0.2) is 4.39 Å². The highest BCUT2D eigenvalue weighted by Crippen LogP contribution is 2.28. The summed E-state index contributed by atoms with van der Waals surface area (Å²) in [6.07, 6.45) is 3.08. The summed E-state index contributed by atoms with van der Waals surface area (Å²) < 4.78 is 13.1. The first-order chi connectivity index (χ1) is 11.2. The Balaban J connectivity index is 1.93. The predicted molar refractivity (Wildman–Crippen MR) is 89.5 cm³/mol. The second-order valence-electron chi connectivity index (χ2n) is 4.97. The van der Waals surface area contributed by atoms with E-state index >= 15 is 0 Å². The molecule has 0 aromatic heterocycles. The Kier molecular flexibility index (Phi) is 4.10. The van der Waals surface area contributed by atoms with Crippen LogP contribution in [0.1, 0.15) is 11.1 Å². The van der Waals surface area contributed by atoms with Crippen molar-refractivity contribution in [2.45, 2.75) is 0 Å². The fourth-order valence-corrected chi connectivity index (χ4v) is 2.41. The fraction of sp³-hybridized carbons (Fsp3) is 0.0556. The lowest BCUT2D eigenvalue weighted by molar-refractivity contribution is -0.112. The first-order valence-corrected chi connectivity index (χ1v) is 7.09. The molecule has 0 saturated heterocycles. The van der Waals surface area contributed by atoms with Gasteiger partial charge in [0.05, 0.1) is 11.9 Å². The largest absolute Gasteiger partial charge is 0.302 e. The molecule has 0 atom stereocenters. The zero-order valence-electron chi connectivity index (χ0n) is 12.3. The normalized spacial score (nSPS) is 15.4. The number of hydrogen-bond donors (Lipinski definition) is 0. The molecule has 4 nitrogen and oxygen atoms in total. The molecule has 0 fully saturated rings. The summed E-state index contributed by atoms with van der Waals surface area (Å²) in [7, 11) is 0. The van der Waals surface area contributed by atoms with E-state index in [-0.39, 0.29) is 17.4 Å². The van der Waals surface area contributed by atoms with E-state index in [1.807, 2.05) is 24.3 Å².